The highest BCUT2D eigenvalue weighted by atomic mass is 19.1. The zero-order valence-electron chi connectivity index (χ0n) is 17.6. The molecule has 1 atom stereocenters. The fourth-order valence-corrected chi connectivity index (χ4v) is 3.15. The van der Waals surface area contributed by atoms with Crippen molar-refractivity contribution in [2.75, 3.05) is 26.2 Å². The van der Waals surface area contributed by atoms with Crippen molar-refractivity contribution < 1.29 is 13.9 Å². The highest BCUT2D eigenvalue weighted by Gasteiger charge is 2.11. The minimum atomic E-state index is -0.283. The first-order chi connectivity index (χ1) is 14.0. The summed E-state index contributed by atoms with van der Waals surface area (Å²) in [5.74, 6) is 1.93. The summed E-state index contributed by atoms with van der Waals surface area (Å²) in [5.41, 5.74) is 1.58. The third kappa shape index (κ3) is 8.23. The largest absolute Gasteiger partial charge is 0.444 e. The molecule has 7 heteroatoms. The molecule has 0 bridgehead atoms. The van der Waals surface area contributed by atoms with Gasteiger partial charge in [0.05, 0.1) is 5.69 Å². The van der Waals surface area contributed by atoms with Gasteiger partial charge in [-0.1, -0.05) is 13.8 Å². The van der Waals surface area contributed by atoms with Gasteiger partial charge in [0, 0.05) is 38.2 Å². The van der Waals surface area contributed by atoms with E-state index in [9.17, 15) is 9.50 Å². The number of aliphatic imine (C=N–C) groups is 1. The molecule has 1 aromatic carbocycles. The average Bonchev–Trinajstić information content (AvgIpc) is 3.15. The number of guanidine groups is 1. The second-order valence-electron chi connectivity index (χ2n) is 7.56. The van der Waals surface area contributed by atoms with Crippen LogP contribution in [0, 0.1) is 17.7 Å². The van der Waals surface area contributed by atoms with Crippen LogP contribution in [0.2, 0.25) is 0 Å². The number of aliphatic hydroxyl groups is 1. The van der Waals surface area contributed by atoms with Gasteiger partial charge in [-0.25, -0.2) is 9.37 Å². The van der Waals surface area contributed by atoms with E-state index in [0.29, 0.717) is 37.2 Å². The van der Waals surface area contributed by atoms with Crippen molar-refractivity contribution in [3.05, 3.63) is 42.0 Å². The van der Waals surface area contributed by atoms with E-state index in [2.05, 4.69) is 34.5 Å². The summed E-state index contributed by atoms with van der Waals surface area (Å²) in [4.78, 5) is 9.15. The summed E-state index contributed by atoms with van der Waals surface area (Å²) in [6.07, 6.45) is 4.13. The molecule has 2 rings (SSSR count). The highest BCUT2D eigenvalue weighted by molar-refractivity contribution is 5.79. The minimum Gasteiger partial charge on any atom is -0.444 e. The normalized spacial score (nSPS) is 13.0. The van der Waals surface area contributed by atoms with E-state index in [0.717, 1.165) is 36.6 Å². The lowest BCUT2D eigenvalue weighted by atomic mass is 9.94. The van der Waals surface area contributed by atoms with Crippen LogP contribution >= 0.6 is 0 Å². The van der Waals surface area contributed by atoms with Crippen molar-refractivity contribution in [3.63, 3.8) is 0 Å². The number of aromatic nitrogens is 1. The molecule has 3 N–H and O–H groups in total. The number of hydrogen-bond donors (Lipinski definition) is 3. The predicted octanol–water partition coefficient (Wildman–Crippen LogP) is 3.62. The zero-order valence-corrected chi connectivity index (χ0v) is 17.6. The van der Waals surface area contributed by atoms with Gasteiger partial charge in [0.2, 0.25) is 5.89 Å². The zero-order chi connectivity index (χ0) is 21.1. The van der Waals surface area contributed by atoms with E-state index in [-0.39, 0.29) is 12.4 Å². The summed E-state index contributed by atoms with van der Waals surface area (Å²) in [5, 5.41) is 15.8. The molecule has 0 saturated carbocycles. The van der Waals surface area contributed by atoms with Gasteiger partial charge in [-0.05, 0) is 55.9 Å². The lowest BCUT2D eigenvalue weighted by molar-refractivity contribution is 0.245. The summed E-state index contributed by atoms with van der Waals surface area (Å²) in [6.45, 7) is 8.73. The topological polar surface area (TPSA) is 82.7 Å². The van der Waals surface area contributed by atoms with Crippen LogP contribution < -0.4 is 10.6 Å². The summed E-state index contributed by atoms with van der Waals surface area (Å²) >= 11 is 0. The van der Waals surface area contributed by atoms with Crippen molar-refractivity contribution in [2.45, 2.75) is 40.0 Å². The fourth-order valence-electron chi connectivity index (χ4n) is 3.15. The molecule has 0 radical (unpaired) electrons. The molecule has 2 aromatic rings. The quantitative estimate of drug-likeness (QED) is 0.394. The van der Waals surface area contributed by atoms with Crippen LogP contribution in [0.15, 0.2) is 39.9 Å². The molecule has 0 fully saturated rings. The van der Waals surface area contributed by atoms with Crippen LogP contribution in [-0.4, -0.2) is 42.3 Å². The molecular weight excluding hydrogens is 371 g/mol. The van der Waals surface area contributed by atoms with Crippen LogP contribution in [0.5, 0.6) is 0 Å². The van der Waals surface area contributed by atoms with Gasteiger partial charge < -0.3 is 20.2 Å². The molecule has 0 spiro atoms. The van der Waals surface area contributed by atoms with Gasteiger partial charge in [0.1, 0.15) is 12.1 Å². The maximum atomic E-state index is 13.0. The number of nitrogens with one attached hydrogen (secondary N) is 2. The van der Waals surface area contributed by atoms with Crippen molar-refractivity contribution in [3.8, 4) is 11.5 Å². The Bertz CT molecular complexity index is 744. The Kier molecular flexibility index (Phi) is 9.64. The Morgan fingerprint density at radius 1 is 1.24 bits per heavy atom. The first-order valence-corrected chi connectivity index (χ1v) is 10.3. The van der Waals surface area contributed by atoms with E-state index in [1.54, 1.807) is 18.4 Å². The summed E-state index contributed by atoms with van der Waals surface area (Å²) in [6, 6.07) is 6.09. The Labute approximate surface area is 172 Å². The standard InChI is InChI=1S/C22H33FN4O2/c1-4-24-22(26-14-17(10-12-28)13-16(2)3)25-11-9-20-15-29-21(27-20)18-5-7-19(23)8-6-18/h5-8,15-17,28H,4,9-14H2,1-3H3,(H2,24,25,26). The molecule has 1 unspecified atom stereocenters. The number of benzene rings is 1. The van der Waals surface area contributed by atoms with Gasteiger partial charge in [-0.2, -0.15) is 0 Å². The van der Waals surface area contributed by atoms with Gasteiger partial charge in [0.25, 0.3) is 0 Å². The van der Waals surface area contributed by atoms with Crippen molar-refractivity contribution >= 4 is 5.96 Å². The second kappa shape index (κ2) is 12.2. The third-order valence-corrected chi connectivity index (χ3v) is 4.51. The summed E-state index contributed by atoms with van der Waals surface area (Å²) in [7, 11) is 0. The van der Waals surface area contributed by atoms with Crippen molar-refractivity contribution in [1.29, 1.82) is 0 Å². The third-order valence-electron chi connectivity index (χ3n) is 4.51. The van der Waals surface area contributed by atoms with Crippen LogP contribution in [0.1, 0.15) is 39.3 Å². The molecule has 0 aliphatic carbocycles. The predicted molar refractivity (Wildman–Crippen MR) is 114 cm³/mol. The van der Waals surface area contributed by atoms with E-state index in [1.807, 2.05) is 6.92 Å². The Morgan fingerprint density at radius 3 is 2.66 bits per heavy atom. The van der Waals surface area contributed by atoms with E-state index in [1.165, 1.54) is 12.1 Å². The molecule has 0 aliphatic rings. The molecule has 6 nitrogen and oxygen atoms in total. The fraction of sp³-hybridized carbons (Fsp3) is 0.545. The molecule has 29 heavy (non-hydrogen) atoms. The van der Waals surface area contributed by atoms with Crippen molar-refractivity contribution in [2.24, 2.45) is 16.8 Å². The number of oxazole rings is 1. The smallest absolute Gasteiger partial charge is 0.226 e. The molecule has 160 valence electrons. The highest BCUT2D eigenvalue weighted by Crippen LogP contribution is 2.19. The minimum absolute atomic E-state index is 0.194. The SMILES string of the molecule is CCNC(=NCC(CCO)CC(C)C)NCCc1coc(-c2ccc(F)cc2)n1. The number of hydrogen-bond acceptors (Lipinski definition) is 4. The molecular formula is C22H33FN4O2. The molecule has 0 saturated heterocycles. The molecule has 0 amide bonds. The number of halogens is 1. The Balaban J connectivity index is 1.87. The van der Waals surface area contributed by atoms with E-state index in [4.69, 9.17) is 4.42 Å². The lowest BCUT2D eigenvalue weighted by Gasteiger charge is -2.17. The number of rotatable bonds is 11. The Morgan fingerprint density at radius 2 is 2.00 bits per heavy atom. The molecule has 1 aromatic heterocycles. The van der Waals surface area contributed by atoms with Crippen LogP contribution in [-0.2, 0) is 6.42 Å². The van der Waals surface area contributed by atoms with Gasteiger partial charge >= 0.3 is 0 Å². The maximum Gasteiger partial charge on any atom is 0.226 e. The van der Waals surface area contributed by atoms with Crippen molar-refractivity contribution in [1.82, 2.24) is 15.6 Å². The van der Waals surface area contributed by atoms with E-state index >= 15 is 0 Å². The molecule has 1 heterocycles. The van der Waals surface area contributed by atoms with Gasteiger partial charge in [-0.15, -0.1) is 0 Å². The first-order valence-electron chi connectivity index (χ1n) is 10.3. The lowest BCUT2D eigenvalue weighted by Crippen LogP contribution is -2.38. The van der Waals surface area contributed by atoms with Gasteiger partial charge in [0.15, 0.2) is 5.96 Å². The Hall–Kier alpha value is -2.41. The number of aliphatic hydroxyl groups excluding tert-OH is 1. The average molecular weight is 405 g/mol. The first kappa shape index (κ1) is 22.9. The molecule has 0 aliphatic heterocycles. The van der Waals surface area contributed by atoms with Crippen LogP contribution in [0.3, 0.4) is 0 Å². The summed E-state index contributed by atoms with van der Waals surface area (Å²) < 4.78 is 18.5. The monoisotopic (exact) mass is 404 g/mol. The van der Waals surface area contributed by atoms with E-state index < -0.39 is 0 Å². The maximum absolute atomic E-state index is 13.0. The number of nitrogens with zero attached hydrogens (tertiary/aromatic N) is 2. The van der Waals surface area contributed by atoms with Gasteiger partial charge in [-0.3, -0.25) is 4.99 Å². The van der Waals surface area contributed by atoms with Crippen LogP contribution in [0.4, 0.5) is 4.39 Å². The van der Waals surface area contributed by atoms with Crippen LogP contribution in [0.25, 0.3) is 11.5 Å². The second-order valence-corrected chi connectivity index (χ2v) is 7.56.